The van der Waals surface area contributed by atoms with Crippen LogP contribution in [-0.2, 0) is 7.05 Å². The van der Waals surface area contributed by atoms with Gasteiger partial charge in [-0.15, -0.1) is 0 Å². The monoisotopic (exact) mass is 356 g/mol. The second kappa shape index (κ2) is 6.80. The van der Waals surface area contributed by atoms with Gasteiger partial charge in [-0.05, 0) is 55.3 Å². The summed E-state index contributed by atoms with van der Waals surface area (Å²) in [5.74, 6) is 0.773. The topological polar surface area (TPSA) is 33.1 Å². The smallest absolute Gasteiger partial charge is 0.0711 e. The SMILES string of the molecule is CCNC(c1c(Br)cnn1C)C1(N(C)C)CCCC(C)C1. The number of halogens is 1. The molecular weight excluding hydrogens is 328 g/mol. The van der Waals surface area contributed by atoms with Crippen LogP contribution >= 0.6 is 15.9 Å². The van der Waals surface area contributed by atoms with E-state index in [0.717, 1.165) is 16.9 Å². The molecule has 0 aromatic carbocycles. The molecule has 1 fully saturated rings. The van der Waals surface area contributed by atoms with Crippen LogP contribution in [0.25, 0.3) is 0 Å². The van der Waals surface area contributed by atoms with Crippen LogP contribution in [0.4, 0.5) is 0 Å². The maximum absolute atomic E-state index is 4.43. The highest BCUT2D eigenvalue weighted by Gasteiger charge is 2.45. The van der Waals surface area contributed by atoms with E-state index in [0.29, 0.717) is 6.04 Å². The van der Waals surface area contributed by atoms with E-state index in [2.05, 4.69) is 59.2 Å². The molecule has 1 aromatic rings. The van der Waals surface area contributed by atoms with E-state index < -0.39 is 0 Å². The number of hydrogen-bond acceptors (Lipinski definition) is 3. The van der Waals surface area contributed by atoms with Gasteiger partial charge in [0.2, 0.25) is 0 Å². The van der Waals surface area contributed by atoms with Crippen LogP contribution in [0.15, 0.2) is 10.7 Å². The Hall–Kier alpha value is -0.390. The zero-order valence-electron chi connectivity index (χ0n) is 14.0. The lowest BCUT2D eigenvalue weighted by Gasteiger charge is -2.50. The zero-order valence-corrected chi connectivity index (χ0v) is 15.6. The second-order valence-electron chi connectivity index (χ2n) is 6.69. The van der Waals surface area contributed by atoms with Crippen molar-refractivity contribution >= 4 is 15.9 Å². The van der Waals surface area contributed by atoms with E-state index in [1.807, 2.05) is 17.9 Å². The minimum Gasteiger partial charge on any atom is -0.307 e. The predicted octanol–water partition coefficient (Wildman–Crippen LogP) is 3.34. The lowest BCUT2D eigenvalue weighted by Crippen LogP contribution is -2.56. The molecule has 120 valence electrons. The van der Waals surface area contributed by atoms with Gasteiger partial charge in [0, 0.05) is 12.6 Å². The van der Waals surface area contributed by atoms with Gasteiger partial charge in [-0.1, -0.05) is 26.7 Å². The summed E-state index contributed by atoms with van der Waals surface area (Å²) in [6.45, 7) is 5.54. The average Bonchev–Trinajstić information content (AvgIpc) is 2.75. The molecular formula is C16H29BrN4. The maximum Gasteiger partial charge on any atom is 0.0711 e. The van der Waals surface area contributed by atoms with Gasteiger partial charge in [0.15, 0.2) is 0 Å². The number of nitrogens with zero attached hydrogens (tertiary/aromatic N) is 3. The lowest BCUT2D eigenvalue weighted by atomic mass is 9.70. The Morgan fingerprint density at radius 3 is 2.76 bits per heavy atom. The molecule has 0 bridgehead atoms. The van der Waals surface area contributed by atoms with Gasteiger partial charge in [-0.3, -0.25) is 4.68 Å². The molecule has 0 amide bonds. The molecule has 3 unspecified atom stereocenters. The van der Waals surface area contributed by atoms with E-state index in [1.54, 1.807) is 0 Å². The Morgan fingerprint density at radius 1 is 1.57 bits per heavy atom. The van der Waals surface area contributed by atoms with Crippen molar-refractivity contribution in [2.45, 2.75) is 51.1 Å². The third-order valence-electron chi connectivity index (χ3n) is 5.06. The molecule has 1 aromatic heterocycles. The van der Waals surface area contributed by atoms with Crippen LogP contribution in [0.2, 0.25) is 0 Å². The van der Waals surface area contributed by atoms with Crippen molar-refractivity contribution in [2.75, 3.05) is 20.6 Å². The molecule has 21 heavy (non-hydrogen) atoms. The largest absolute Gasteiger partial charge is 0.307 e. The van der Waals surface area contributed by atoms with Crippen molar-refractivity contribution in [3.8, 4) is 0 Å². The highest BCUT2D eigenvalue weighted by molar-refractivity contribution is 9.10. The van der Waals surface area contributed by atoms with E-state index >= 15 is 0 Å². The first-order valence-corrected chi connectivity index (χ1v) is 8.80. The number of aromatic nitrogens is 2. The summed E-state index contributed by atoms with van der Waals surface area (Å²) in [6.07, 6.45) is 7.03. The van der Waals surface area contributed by atoms with Crippen molar-refractivity contribution in [2.24, 2.45) is 13.0 Å². The van der Waals surface area contributed by atoms with E-state index in [-0.39, 0.29) is 5.54 Å². The third-order valence-corrected chi connectivity index (χ3v) is 5.67. The van der Waals surface area contributed by atoms with Crippen LogP contribution in [0.5, 0.6) is 0 Å². The number of aryl methyl sites for hydroxylation is 1. The molecule has 1 aliphatic rings. The maximum atomic E-state index is 4.43. The van der Waals surface area contributed by atoms with E-state index in [4.69, 9.17) is 0 Å². The molecule has 5 heteroatoms. The molecule has 1 saturated carbocycles. The summed E-state index contributed by atoms with van der Waals surface area (Å²) in [6, 6.07) is 0.294. The predicted molar refractivity (Wildman–Crippen MR) is 91.4 cm³/mol. The Kier molecular flexibility index (Phi) is 5.49. The average molecular weight is 357 g/mol. The fourth-order valence-electron chi connectivity index (χ4n) is 3.98. The standard InChI is InChI=1S/C16H29BrN4/c1-6-18-15(14-13(17)11-19-21(14)5)16(20(3)4)9-7-8-12(2)10-16/h11-12,15,18H,6-10H2,1-5H3. The normalized spacial score (nSPS) is 28.0. The van der Waals surface area contributed by atoms with Gasteiger partial charge in [-0.2, -0.15) is 5.10 Å². The van der Waals surface area contributed by atoms with Gasteiger partial charge in [0.1, 0.15) is 0 Å². The minimum atomic E-state index is 0.157. The van der Waals surface area contributed by atoms with E-state index in [9.17, 15) is 0 Å². The Bertz CT molecular complexity index is 451. The molecule has 1 N–H and O–H groups in total. The molecule has 1 aliphatic carbocycles. The van der Waals surface area contributed by atoms with E-state index in [1.165, 1.54) is 31.4 Å². The first-order valence-electron chi connectivity index (χ1n) is 8.00. The zero-order chi connectivity index (χ0) is 15.6. The molecule has 2 rings (SSSR count). The van der Waals surface area contributed by atoms with Crippen LogP contribution in [-0.4, -0.2) is 40.9 Å². The fourth-order valence-corrected chi connectivity index (χ4v) is 4.56. The molecule has 0 radical (unpaired) electrons. The summed E-state index contributed by atoms with van der Waals surface area (Å²) in [4.78, 5) is 2.44. The minimum absolute atomic E-state index is 0.157. The molecule has 0 saturated heterocycles. The Balaban J connectivity index is 2.47. The van der Waals surface area contributed by atoms with Crippen LogP contribution in [0.1, 0.15) is 51.3 Å². The lowest BCUT2D eigenvalue weighted by molar-refractivity contribution is 0.0343. The highest BCUT2D eigenvalue weighted by Crippen LogP contribution is 2.45. The first kappa shape index (κ1) is 17.0. The number of rotatable bonds is 5. The van der Waals surface area contributed by atoms with Crippen LogP contribution < -0.4 is 5.32 Å². The molecule has 1 heterocycles. The summed E-state index contributed by atoms with van der Waals surface area (Å²) in [7, 11) is 6.50. The quantitative estimate of drug-likeness (QED) is 0.877. The molecule has 4 nitrogen and oxygen atoms in total. The van der Waals surface area contributed by atoms with Crippen molar-refractivity contribution < 1.29 is 0 Å². The summed E-state index contributed by atoms with van der Waals surface area (Å²) in [5.41, 5.74) is 1.42. The Labute approximate surface area is 137 Å². The van der Waals surface area contributed by atoms with Gasteiger partial charge < -0.3 is 10.2 Å². The van der Waals surface area contributed by atoms with Gasteiger partial charge in [-0.25, -0.2) is 0 Å². The van der Waals surface area contributed by atoms with Crippen molar-refractivity contribution in [1.29, 1.82) is 0 Å². The highest BCUT2D eigenvalue weighted by atomic mass is 79.9. The summed E-state index contributed by atoms with van der Waals surface area (Å²) in [5, 5.41) is 8.18. The van der Waals surface area contributed by atoms with Gasteiger partial charge in [0.25, 0.3) is 0 Å². The Morgan fingerprint density at radius 2 is 2.29 bits per heavy atom. The third kappa shape index (κ3) is 3.20. The summed E-state index contributed by atoms with van der Waals surface area (Å²) >= 11 is 3.70. The summed E-state index contributed by atoms with van der Waals surface area (Å²) < 4.78 is 3.12. The van der Waals surface area contributed by atoms with Crippen LogP contribution in [0, 0.1) is 5.92 Å². The number of nitrogens with one attached hydrogen (secondary N) is 1. The van der Waals surface area contributed by atoms with Crippen molar-refractivity contribution in [1.82, 2.24) is 20.0 Å². The molecule has 0 aliphatic heterocycles. The number of likely N-dealkylation sites (N-methyl/N-ethyl adjacent to an activating group) is 2. The number of hydrogen-bond donors (Lipinski definition) is 1. The fraction of sp³-hybridized carbons (Fsp3) is 0.812. The molecule has 3 atom stereocenters. The van der Waals surface area contributed by atoms with Gasteiger partial charge in [0.05, 0.1) is 22.4 Å². The van der Waals surface area contributed by atoms with Crippen molar-refractivity contribution in [3.05, 3.63) is 16.4 Å². The van der Waals surface area contributed by atoms with Gasteiger partial charge >= 0.3 is 0 Å². The van der Waals surface area contributed by atoms with Crippen molar-refractivity contribution in [3.63, 3.8) is 0 Å². The first-order chi connectivity index (χ1) is 9.92. The molecule has 0 spiro atoms. The van der Waals surface area contributed by atoms with Crippen LogP contribution in [0.3, 0.4) is 0 Å². The second-order valence-corrected chi connectivity index (χ2v) is 7.55.